The normalized spacial score (nSPS) is 11.9. The molecule has 1 N–H and O–H groups in total. The van der Waals surface area contributed by atoms with Gasteiger partial charge in [0.1, 0.15) is 25.9 Å². The van der Waals surface area contributed by atoms with E-state index >= 15 is 0 Å². The summed E-state index contributed by atoms with van der Waals surface area (Å²) >= 11 is 0. The van der Waals surface area contributed by atoms with Crippen LogP contribution in [0.25, 0.3) is 10.8 Å². The fourth-order valence-corrected chi connectivity index (χ4v) is 4.23. The monoisotopic (exact) mass is 556 g/mol. The molecule has 0 saturated heterocycles. The Labute approximate surface area is 256 Å². The molecular weight excluding hydrogens is 542 g/mol. The van der Waals surface area contributed by atoms with Crippen LogP contribution in [0, 0.1) is 0 Å². The van der Waals surface area contributed by atoms with E-state index in [9.17, 15) is 31.0 Å². The molecule has 0 unspecified atom stereocenters. The van der Waals surface area contributed by atoms with Crippen LogP contribution in [0.3, 0.4) is 0 Å². The minimum atomic E-state index is -5.16. The van der Waals surface area contributed by atoms with E-state index in [2.05, 4.69) is 20.5 Å². The van der Waals surface area contributed by atoms with Gasteiger partial charge >= 0.3 is 59.1 Å². The third kappa shape index (κ3) is 7.74. The molecule has 11 nitrogen and oxygen atoms in total. The summed E-state index contributed by atoms with van der Waals surface area (Å²) in [6, 6.07) is 19.0. The van der Waals surface area contributed by atoms with Crippen molar-refractivity contribution in [3.05, 3.63) is 78.9 Å². The van der Waals surface area contributed by atoms with Gasteiger partial charge in [-0.1, -0.05) is 18.2 Å². The number of hydrogen-bond acceptors (Lipinski definition) is 11. The Bertz CT molecular complexity index is 1700. The maximum Gasteiger partial charge on any atom is 1.00 e. The smallest absolute Gasteiger partial charge is 0.744 e. The van der Waals surface area contributed by atoms with Gasteiger partial charge in [-0.3, -0.25) is 0 Å². The van der Waals surface area contributed by atoms with Crippen molar-refractivity contribution in [2.45, 2.75) is 9.79 Å². The second-order valence-electron chi connectivity index (χ2n) is 7.12. The van der Waals surface area contributed by atoms with E-state index in [1.807, 2.05) is 18.2 Å². The maximum absolute atomic E-state index is 11.8. The molecule has 0 amide bonds. The number of rotatable bonds is 6. The van der Waals surface area contributed by atoms with E-state index < -0.39 is 41.5 Å². The van der Waals surface area contributed by atoms with Crippen LogP contribution >= 0.6 is 0 Å². The molecule has 0 aliphatic carbocycles. The van der Waals surface area contributed by atoms with Crippen LogP contribution in [0.2, 0.25) is 0 Å². The van der Waals surface area contributed by atoms with Gasteiger partial charge < -0.3 is 14.2 Å². The van der Waals surface area contributed by atoms with Gasteiger partial charge in [0.05, 0.1) is 26.9 Å². The first-order chi connectivity index (χ1) is 16.5. The Hall–Kier alpha value is -2.04. The fraction of sp³-hybridized carbons (Fsp3) is 0. The van der Waals surface area contributed by atoms with Crippen molar-refractivity contribution in [3.63, 3.8) is 0 Å². The Morgan fingerprint density at radius 2 is 1.14 bits per heavy atom. The van der Waals surface area contributed by atoms with E-state index in [0.29, 0.717) is 11.4 Å². The van der Waals surface area contributed by atoms with E-state index in [1.165, 1.54) is 12.1 Å². The number of hydrogen-bond donors (Lipinski definition) is 1. The number of fused-ring (bicyclic) bond motifs is 1. The zero-order valence-corrected chi connectivity index (χ0v) is 25.1. The quantitative estimate of drug-likeness (QED) is 0.183. The minimum absolute atomic E-state index is 0. The third-order valence-electron chi connectivity index (χ3n) is 4.73. The van der Waals surface area contributed by atoms with Crippen LogP contribution in [0.1, 0.15) is 0 Å². The van der Waals surface area contributed by atoms with E-state index in [0.717, 1.165) is 24.3 Å². The van der Waals surface area contributed by atoms with Gasteiger partial charge in [0.2, 0.25) is 0 Å². The average Bonchev–Trinajstić information content (AvgIpc) is 2.82. The fourth-order valence-electron chi connectivity index (χ4n) is 3.08. The molecular formula is C22H14N4Na2O7S2. The van der Waals surface area contributed by atoms with Crippen LogP contribution in [-0.2, 0) is 20.2 Å². The summed E-state index contributed by atoms with van der Waals surface area (Å²) in [7, 11) is -10.0. The standard InChI is InChI=1S/C22H16N4O7S2.2Na/c27-22-19-11-10-18(34(28,29)30)12-14(19)13-20(35(31,32)33)21(22)26-25-17-8-6-16(7-9-17)24-23-15-4-2-1-3-5-15;;/h1-13,27H,(H,28,29,30)(H,31,32,33);;/q;2*+1/p-2. The molecule has 0 aromatic heterocycles. The van der Waals surface area contributed by atoms with Crippen LogP contribution < -0.4 is 59.1 Å². The predicted molar refractivity (Wildman–Crippen MR) is 123 cm³/mol. The Morgan fingerprint density at radius 3 is 1.65 bits per heavy atom. The van der Waals surface area contributed by atoms with Crippen molar-refractivity contribution in [3.8, 4) is 5.75 Å². The number of aromatic hydroxyl groups is 1. The summed E-state index contributed by atoms with van der Waals surface area (Å²) in [6.07, 6.45) is 0. The Balaban J connectivity index is 0.00000241. The number of phenols is 1. The second kappa shape index (κ2) is 12.7. The number of nitrogens with zero attached hydrogens (tertiary/aromatic N) is 4. The molecule has 0 spiro atoms. The van der Waals surface area contributed by atoms with Crippen LogP contribution in [0.5, 0.6) is 5.75 Å². The molecule has 0 fully saturated rings. The second-order valence-corrected chi connectivity index (χ2v) is 9.84. The van der Waals surface area contributed by atoms with Crippen molar-refractivity contribution in [2.75, 3.05) is 0 Å². The summed E-state index contributed by atoms with van der Waals surface area (Å²) in [5.74, 6) is -0.719. The summed E-state index contributed by atoms with van der Waals surface area (Å²) in [6.45, 7) is 0. The molecule has 0 aliphatic heterocycles. The molecule has 178 valence electrons. The zero-order valence-electron chi connectivity index (χ0n) is 19.5. The molecule has 0 saturated carbocycles. The zero-order chi connectivity index (χ0) is 25.2. The van der Waals surface area contributed by atoms with Gasteiger partial charge in [-0.05, 0) is 66.0 Å². The Morgan fingerprint density at radius 1 is 0.622 bits per heavy atom. The van der Waals surface area contributed by atoms with Gasteiger partial charge in [-0.25, -0.2) is 16.8 Å². The van der Waals surface area contributed by atoms with Crippen molar-refractivity contribution >= 4 is 53.8 Å². The molecule has 37 heavy (non-hydrogen) atoms. The molecule has 4 aromatic rings. The summed E-state index contributed by atoms with van der Waals surface area (Å²) in [5, 5.41) is 26.2. The molecule has 0 atom stereocenters. The largest absolute Gasteiger partial charge is 1.00 e. The van der Waals surface area contributed by atoms with Crippen molar-refractivity contribution < 1.29 is 90.2 Å². The molecule has 4 aromatic carbocycles. The average molecular weight is 556 g/mol. The minimum Gasteiger partial charge on any atom is -0.744 e. The van der Waals surface area contributed by atoms with Gasteiger partial charge in [0.25, 0.3) is 0 Å². The van der Waals surface area contributed by atoms with E-state index in [1.54, 1.807) is 24.3 Å². The third-order valence-corrected chi connectivity index (χ3v) is 6.41. The molecule has 0 heterocycles. The predicted octanol–water partition coefficient (Wildman–Crippen LogP) is -0.808. The van der Waals surface area contributed by atoms with Gasteiger partial charge in [0.15, 0.2) is 5.75 Å². The summed E-state index contributed by atoms with van der Waals surface area (Å²) in [5.41, 5.74) is 0.797. The van der Waals surface area contributed by atoms with Gasteiger partial charge in [-0.2, -0.15) is 15.3 Å². The van der Waals surface area contributed by atoms with E-state index in [-0.39, 0.29) is 75.6 Å². The molecule has 0 radical (unpaired) electrons. The number of benzene rings is 4. The van der Waals surface area contributed by atoms with Gasteiger partial charge in [0, 0.05) is 5.39 Å². The van der Waals surface area contributed by atoms with Crippen LogP contribution in [0.15, 0.2) is 109 Å². The topological polar surface area (TPSA) is 184 Å². The number of phenolic OH excluding ortho intramolecular Hbond substituents is 1. The molecule has 0 bridgehead atoms. The summed E-state index contributed by atoms with van der Waals surface area (Å²) < 4.78 is 69.2. The molecule has 15 heteroatoms. The van der Waals surface area contributed by atoms with Gasteiger partial charge in [-0.15, -0.1) is 5.11 Å². The van der Waals surface area contributed by atoms with Crippen LogP contribution in [0.4, 0.5) is 22.7 Å². The molecule has 0 aliphatic rings. The number of azo groups is 2. The molecule has 4 rings (SSSR count). The SMILES string of the molecule is O=S(=O)([O-])c1ccc2c(O)c(N=Nc3ccc(N=Nc4ccccc4)cc3)c(S(=O)(=O)[O-])cc2c1.[Na+].[Na+]. The summed E-state index contributed by atoms with van der Waals surface area (Å²) in [4.78, 5) is -1.59. The first kappa shape index (κ1) is 31.2. The van der Waals surface area contributed by atoms with Crippen LogP contribution in [-0.4, -0.2) is 31.0 Å². The first-order valence-electron chi connectivity index (χ1n) is 9.72. The van der Waals surface area contributed by atoms with Crippen molar-refractivity contribution in [2.24, 2.45) is 20.5 Å². The van der Waals surface area contributed by atoms with E-state index in [4.69, 9.17) is 0 Å². The van der Waals surface area contributed by atoms with Crippen molar-refractivity contribution in [1.29, 1.82) is 0 Å². The maximum atomic E-state index is 11.8. The Kier molecular flexibility index (Phi) is 10.7. The van der Waals surface area contributed by atoms with Crippen molar-refractivity contribution in [1.82, 2.24) is 0 Å². The first-order valence-corrected chi connectivity index (χ1v) is 12.5.